The van der Waals surface area contributed by atoms with Crippen LogP contribution in [0.4, 0.5) is 0 Å². The van der Waals surface area contributed by atoms with Gasteiger partial charge in [0.25, 0.3) is 0 Å². The molecule has 0 spiro atoms. The lowest BCUT2D eigenvalue weighted by molar-refractivity contribution is -0.0146. The van der Waals surface area contributed by atoms with E-state index in [9.17, 15) is 0 Å². The molecular weight excluding hydrogens is 330 g/mol. The van der Waals surface area contributed by atoms with Crippen molar-refractivity contribution < 1.29 is 33.2 Å². The third kappa shape index (κ3) is 10.2. The standard InChI is InChI=1S/C17H27NO7/c1-2-16-18-17(3-1)25-15-13-23-11-9-21-7-5-19-4-6-20-8-10-22-12-14-24-16/h1-3H,4-15H2. The van der Waals surface area contributed by atoms with Crippen LogP contribution >= 0.6 is 0 Å². The number of pyridine rings is 1. The SMILES string of the molecule is c1cc2nc(c1)OCCOCCOCCOCCOCCOCCO2. The summed E-state index contributed by atoms with van der Waals surface area (Å²) in [4.78, 5) is 4.27. The van der Waals surface area contributed by atoms with E-state index in [4.69, 9.17) is 33.2 Å². The summed E-state index contributed by atoms with van der Waals surface area (Å²) in [6, 6.07) is 5.40. The van der Waals surface area contributed by atoms with Crippen molar-refractivity contribution in [2.24, 2.45) is 0 Å². The summed E-state index contributed by atoms with van der Waals surface area (Å²) < 4.78 is 38.1. The molecular formula is C17H27NO7. The molecule has 8 heteroatoms. The van der Waals surface area contributed by atoms with Gasteiger partial charge in [-0.25, -0.2) is 0 Å². The molecule has 1 aromatic rings. The molecule has 0 fully saturated rings. The second-order valence-corrected chi connectivity index (χ2v) is 5.07. The Hall–Kier alpha value is -1.45. The maximum absolute atomic E-state index is 5.53. The molecule has 0 aliphatic carbocycles. The highest BCUT2D eigenvalue weighted by molar-refractivity contribution is 5.19. The number of rotatable bonds is 0. The molecule has 1 aliphatic heterocycles. The largest absolute Gasteiger partial charge is 0.475 e. The summed E-state index contributed by atoms with van der Waals surface area (Å²) in [6.07, 6.45) is 0. The van der Waals surface area contributed by atoms with Gasteiger partial charge in [-0.3, -0.25) is 0 Å². The Morgan fingerprint density at radius 1 is 0.480 bits per heavy atom. The molecule has 1 aromatic heterocycles. The van der Waals surface area contributed by atoms with E-state index >= 15 is 0 Å². The summed E-state index contributed by atoms with van der Waals surface area (Å²) >= 11 is 0. The van der Waals surface area contributed by atoms with Crippen LogP contribution in [0.3, 0.4) is 0 Å². The summed E-state index contributed by atoms with van der Waals surface area (Å²) in [5.74, 6) is 1.01. The Balaban J connectivity index is 1.70. The minimum absolute atomic E-state index is 0.419. The van der Waals surface area contributed by atoms with Gasteiger partial charge in [-0.05, 0) is 0 Å². The highest BCUT2D eigenvalue weighted by atomic mass is 16.6. The summed E-state index contributed by atoms with van der Waals surface area (Å²) in [7, 11) is 0. The molecule has 0 unspecified atom stereocenters. The first-order valence-electron chi connectivity index (χ1n) is 8.56. The van der Waals surface area contributed by atoms with Crippen molar-refractivity contribution in [2.45, 2.75) is 0 Å². The van der Waals surface area contributed by atoms with Crippen LogP contribution in [-0.4, -0.2) is 84.3 Å². The zero-order valence-corrected chi connectivity index (χ0v) is 14.5. The van der Waals surface area contributed by atoms with Crippen molar-refractivity contribution >= 4 is 0 Å². The van der Waals surface area contributed by atoms with Gasteiger partial charge in [-0.15, -0.1) is 0 Å². The van der Waals surface area contributed by atoms with E-state index in [1.807, 2.05) is 6.07 Å². The van der Waals surface area contributed by atoms with Crippen LogP contribution in [0.1, 0.15) is 0 Å². The molecule has 0 saturated heterocycles. The number of nitrogens with zero attached hydrogens (tertiary/aromatic N) is 1. The molecule has 0 saturated carbocycles. The van der Waals surface area contributed by atoms with Gasteiger partial charge in [0, 0.05) is 12.1 Å². The van der Waals surface area contributed by atoms with Crippen molar-refractivity contribution in [3.8, 4) is 11.8 Å². The number of ether oxygens (including phenoxy) is 7. The zero-order valence-electron chi connectivity index (χ0n) is 14.5. The van der Waals surface area contributed by atoms with E-state index in [0.29, 0.717) is 91.0 Å². The molecule has 0 aromatic carbocycles. The first kappa shape index (κ1) is 19.9. The second-order valence-electron chi connectivity index (χ2n) is 5.07. The fourth-order valence-electron chi connectivity index (χ4n) is 1.95. The van der Waals surface area contributed by atoms with Gasteiger partial charge >= 0.3 is 0 Å². The third-order valence-electron chi connectivity index (χ3n) is 3.14. The summed E-state index contributed by atoms with van der Waals surface area (Å²) in [5, 5.41) is 0. The first-order chi connectivity index (χ1) is 12.4. The Kier molecular flexibility index (Phi) is 11.0. The molecule has 0 N–H and O–H groups in total. The molecule has 0 radical (unpaired) electrons. The quantitative estimate of drug-likeness (QED) is 0.679. The van der Waals surface area contributed by atoms with E-state index in [1.54, 1.807) is 12.1 Å². The number of aromatic nitrogens is 1. The van der Waals surface area contributed by atoms with Gasteiger partial charge in [0.2, 0.25) is 11.8 Å². The predicted molar refractivity (Wildman–Crippen MR) is 89.3 cm³/mol. The fraction of sp³-hybridized carbons (Fsp3) is 0.706. The first-order valence-corrected chi connectivity index (χ1v) is 8.56. The molecule has 25 heavy (non-hydrogen) atoms. The van der Waals surface area contributed by atoms with Crippen LogP contribution in [0.25, 0.3) is 0 Å². The topological polar surface area (TPSA) is 77.5 Å². The Labute approximate surface area is 148 Å². The number of hydrogen-bond donors (Lipinski definition) is 0. The average molecular weight is 357 g/mol. The Morgan fingerprint density at radius 3 is 1.16 bits per heavy atom. The van der Waals surface area contributed by atoms with Crippen LogP contribution in [0.2, 0.25) is 0 Å². The van der Waals surface area contributed by atoms with Gasteiger partial charge in [-0.1, -0.05) is 6.07 Å². The lowest BCUT2D eigenvalue weighted by atomic mass is 10.5. The van der Waals surface area contributed by atoms with E-state index in [1.165, 1.54) is 0 Å². The lowest BCUT2D eigenvalue weighted by Crippen LogP contribution is -2.15. The van der Waals surface area contributed by atoms with Crippen molar-refractivity contribution in [3.05, 3.63) is 18.2 Å². The number of fused-ring (bicyclic) bond motifs is 2. The van der Waals surface area contributed by atoms with Gasteiger partial charge in [0.15, 0.2) is 0 Å². The minimum Gasteiger partial charge on any atom is -0.475 e. The molecule has 1 aliphatic rings. The van der Waals surface area contributed by atoms with Crippen LogP contribution in [-0.2, 0) is 23.7 Å². The van der Waals surface area contributed by atoms with Crippen molar-refractivity contribution in [2.75, 3.05) is 79.3 Å². The smallest absolute Gasteiger partial charge is 0.216 e. The van der Waals surface area contributed by atoms with E-state index in [2.05, 4.69) is 4.98 Å². The van der Waals surface area contributed by atoms with Gasteiger partial charge in [0.1, 0.15) is 13.2 Å². The van der Waals surface area contributed by atoms with Crippen LogP contribution in [0, 0.1) is 0 Å². The van der Waals surface area contributed by atoms with E-state index in [0.717, 1.165) is 0 Å². The average Bonchev–Trinajstić information content (AvgIpc) is 2.63. The molecule has 8 nitrogen and oxygen atoms in total. The minimum atomic E-state index is 0.419. The zero-order chi connectivity index (χ0) is 17.4. The molecule has 2 bridgehead atoms. The van der Waals surface area contributed by atoms with Gasteiger partial charge in [-0.2, -0.15) is 4.98 Å². The van der Waals surface area contributed by atoms with Crippen molar-refractivity contribution in [1.29, 1.82) is 0 Å². The lowest BCUT2D eigenvalue weighted by Gasteiger charge is -2.10. The molecule has 2 heterocycles. The maximum Gasteiger partial charge on any atom is 0.216 e. The van der Waals surface area contributed by atoms with Crippen molar-refractivity contribution in [3.63, 3.8) is 0 Å². The highest BCUT2D eigenvalue weighted by Crippen LogP contribution is 2.13. The van der Waals surface area contributed by atoms with E-state index < -0.39 is 0 Å². The summed E-state index contributed by atoms with van der Waals surface area (Å²) in [5.41, 5.74) is 0. The van der Waals surface area contributed by atoms with Crippen molar-refractivity contribution in [1.82, 2.24) is 4.98 Å². The second kappa shape index (κ2) is 13.8. The Bertz CT molecular complexity index is 412. The number of hydrogen-bond acceptors (Lipinski definition) is 8. The van der Waals surface area contributed by atoms with Gasteiger partial charge < -0.3 is 33.2 Å². The van der Waals surface area contributed by atoms with E-state index in [-0.39, 0.29) is 0 Å². The summed E-state index contributed by atoms with van der Waals surface area (Å²) in [6.45, 7) is 6.04. The predicted octanol–water partition coefficient (Wildman–Crippen LogP) is 0.936. The fourth-order valence-corrected chi connectivity index (χ4v) is 1.95. The highest BCUT2D eigenvalue weighted by Gasteiger charge is 2.01. The van der Waals surface area contributed by atoms with Crippen LogP contribution in [0.5, 0.6) is 11.8 Å². The normalized spacial score (nSPS) is 20.3. The molecule has 0 atom stereocenters. The Morgan fingerprint density at radius 2 is 0.800 bits per heavy atom. The van der Waals surface area contributed by atoms with Crippen LogP contribution < -0.4 is 9.47 Å². The molecule has 2 rings (SSSR count). The molecule has 0 amide bonds. The maximum atomic E-state index is 5.53. The van der Waals surface area contributed by atoms with Crippen LogP contribution in [0.15, 0.2) is 18.2 Å². The van der Waals surface area contributed by atoms with Gasteiger partial charge in [0.05, 0.1) is 66.1 Å². The third-order valence-corrected chi connectivity index (χ3v) is 3.14. The molecule has 142 valence electrons. The monoisotopic (exact) mass is 357 g/mol.